The summed E-state index contributed by atoms with van der Waals surface area (Å²) in [6.07, 6.45) is 4.29. The zero-order chi connectivity index (χ0) is 27.4. The molecule has 10 nitrogen and oxygen atoms in total. The molecule has 0 atom stereocenters. The fourth-order valence-electron chi connectivity index (χ4n) is 3.94. The second-order valence-electron chi connectivity index (χ2n) is 8.71. The van der Waals surface area contributed by atoms with E-state index in [0.29, 0.717) is 39.5 Å². The van der Waals surface area contributed by atoms with Crippen LogP contribution in [0.4, 0.5) is 17.1 Å². The van der Waals surface area contributed by atoms with Crippen LogP contribution in [0.3, 0.4) is 0 Å². The van der Waals surface area contributed by atoms with Crippen molar-refractivity contribution in [3.05, 3.63) is 118 Å². The molecule has 5 rings (SSSR count). The van der Waals surface area contributed by atoms with Crippen molar-refractivity contribution >= 4 is 46.1 Å². The largest absolute Gasteiger partial charge is 0.337 e. The van der Waals surface area contributed by atoms with Crippen molar-refractivity contribution in [2.75, 3.05) is 10.6 Å². The number of non-ortho nitro benzene ring substituents is 1. The molecule has 0 spiro atoms. The third kappa shape index (κ3) is 5.86. The second-order valence-corrected chi connectivity index (χ2v) is 8.71. The van der Waals surface area contributed by atoms with Crippen LogP contribution in [0.2, 0.25) is 0 Å². The van der Waals surface area contributed by atoms with E-state index in [4.69, 9.17) is 0 Å². The highest BCUT2D eigenvalue weighted by atomic mass is 16.6. The van der Waals surface area contributed by atoms with Crippen LogP contribution in [0.1, 0.15) is 21.5 Å². The predicted octanol–water partition coefficient (Wildman–Crippen LogP) is 5.75. The number of aromatic amines is 1. The number of H-pyrrole nitrogens is 1. The van der Waals surface area contributed by atoms with Crippen LogP contribution in [0.15, 0.2) is 91.1 Å². The van der Waals surface area contributed by atoms with Gasteiger partial charge in [-0.25, -0.2) is 9.97 Å². The minimum Gasteiger partial charge on any atom is -0.337 e. The Bertz CT molecular complexity index is 1740. The average molecular weight is 519 g/mol. The van der Waals surface area contributed by atoms with Gasteiger partial charge in [0.1, 0.15) is 5.82 Å². The lowest BCUT2D eigenvalue weighted by Crippen LogP contribution is -2.15. The third-order valence-corrected chi connectivity index (χ3v) is 5.90. The standard InChI is InChI=1S/C29H22N6O4/c1-18-10-12-21(31-26(36)13-11-19-6-5-9-23(14-19)35(38)39)15-24(18)29(37)32-22-16-25-28(30-17-22)34-27(33-25)20-7-3-2-4-8-20/h2-17H,1H3,(H,31,36)(H,32,37)(H,30,33,34). The fourth-order valence-corrected chi connectivity index (χ4v) is 3.94. The number of anilines is 2. The Balaban J connectivity index is 1.28. The molecule has 0 saturated carbocycles. The molecule has 39 heavy (non-hydrogen) atoms. The number of imidazole rings is 1. The molecule has 5 aromatic rings. The lowest BCUT2D eigenvalue weighted by atomic mass is 10.1. The molecule has 0 bridgehead atoms. The molecule has 2 heterocycles. The van der Waals surface area contributed by atoms with Crippen LogP contribution in [-0.2, 0) is 4.79 Å². The molecule has 192 valence electrons. The Kier molecular flexibility index (Phi) is 6.91. The first-order valence-corrected chi connectivity index (χ1v) is 11.9. The number of pyridine rings is 1. The number of aromatic nitrogens is 3. The summed E-state index contributed by atoms with van der Waals surface area (Å²) in [5, 5.41) is 16.5. The van der Waals surface area contributed by atoms with Crippen LogP contribution in [-0.4, -0.2) is 31.7 Å². The molecule has 0 unspecified atom stereocenters. The first-order valence-electron chi connectivity index (χ1n) is 11.9. The maximum Gasteiger partial charge on any atom is 0.270 e. The van der Waals surface area contributed by atoms with Crippen LogP contribution in [0, 0.1) is 17.0 Å². The Hall–Kier alpha value is -5.64. The molecular weight excluding hydrogens is 496 g/mol. The zero-order valence-corrected chi connectivity index (χ0v) is 20.7. The fraction of sp³-hybridized carbons (Fsp3) is 0.0345. The molecular formula is C29H22N6O4. The summed E-state index contributed by atoms with van der Waals surface area (Å²) >= 11 is 0. The highest BCUT2D eigenvalue weighted by Gasteiger charge is 2.13. The molecule has 2 amide bonds. The van der Waals surface area contributed by atoms with Gasteiger partial charge in [0.2, 0.25) is 5.91 Å². The summed E-state index contributed by atoms with van der Waals surface area (Å²) in [7, 11) is 0. The first kappa shape index (κ1) is 25.0. The number of fused-ring (bicyclic) bond motifs is 1. The van der Waals surface area contributed by atoms with E-state index in [-0.39, 0.29) is 11.6 Å². The smallest absolute Gasteiger partial charge is 0.270 e. The van der Waals surface area contributed by atoms with E-state index in [1.807, 2.05) is 30.3 Å². The van der Waals surface area contributed by atoms with Gasteiger partial charge in [-0.1, -0.05) is 48.5 Å². The topological polar surface area (TPSA) is 143 Å². The van der Waals surface area contributed by atoms with E-state index in [9.17, 15) is 19.7 Å². The Labute approximate surface area is 222 Å². The lowest BCUT2D eigenvalue weighted by molar-refractivity contribution is -0.384. The van der Waals surface area contributed by atoms with E-state index in [2.05, 4.69) is 25.6 Å². The molecule has 0 aliphatic carbocycles. The highest BCUT2D eigenvalue weighted by Crippen LogP contribution is 2.22. The lowest BCUT2D eigenvalue weighted by Gasteiger charge is -2.10. The monoisotopic (exact) mass is 518 g/mol. The van der Waals surface area contributed by atoms with Gasteiger partial charge in [-0.15, -0.1) is 0 Å². The van der Waals surface area contributed by atoms with Crippen molar-refractivity contribution < 1.29 is 14.5 Å². The third-order valence-electron chi connectivity index (χ3n) is 5.90. The van der Waals surface area contributed by atoms with Crippen molar-refractivity contribution in [1.82, 2.24) is 15.0 Å². The number of carbonyl (C=O) groups is 2. The normalized spacial score (nSPS) is 11.0. The number of carbonyl (C=O) groups excluding carboxylic acids is 2. The van der Waals surface area contributed by atoms with Crippen LogP contribution in [0.5, 0.6) is 0 Å². The summed E-state index contributed by atoms with van der Waals surface area (Å²) < 4.78 is 0. The zero-order valence-electron chi connectivity index (χ0n) is 20.7. The van der Waals surface area contributed by atoms with Gasteiger partial charge < -0.3 is 15.6 Å². The molecule has 3 N–H and O–H groups in total. The van der Waals surface area contributed by atoms with E-state index >= 15 is 0 Å². The van der Waals surface area contributed by atoms with Crippen molar-refractivity contribution in [2.45, 2.75) is 6.92 Å². The molecule has 10 heteroatoms. The Morgan fingerprint density at radius 3 is 2.56 bits per heavy atom. The molecule has 2 aromatic heterocycles. The Morgan fingerprint density at radius 2 is 1.77 bits per heavy atom. The van der Waals surface area contributed by atoms with Crippen LogP contribution in [0.25, 0.3) is 28.6 Å². The highest BCUT2D eigenvalue weighted by molar-refractivity contribution is 6.07. The summed E-state index contributed by atoms with van der Waals surface area (Å²) in [6.45, 7) is 1.80. The second kappa shape index (κ2) is 10.8. The summed E-state index contributed by atoms with van der Waals surface area (Å²) in [5.74, 6) is -0.125. The number of hydrogen-bond donors (Lipinski definition) is 3. The SMILES string of the molecule is Cc1ccc(NC(=O)C=Cc2cccc([N+](=O)[O-])c2)cc1C(=O)Nc1cnc2nc(-c3ccccc3)[nH]c2c1. The van der Waals surface area contributed by atoms with Crippen LogP contribution < -0.4 is 10.6 Å². The molecule has 0 fully saturated rings. The maximum atomic E-state index is 13.1. The van der Waals surface area contributed by atoms with Gasteiger partial charge in [-0.05, 0) is 42.3 Å². The van der Waals surface area contributed by atoms with Crippen molar-refractivity contribution in [3.63, 3.8) is 0 Å². The quantitative estimate of drug-likeness (QED) is 0.142. The van der Waals surface area contributed by atoms with Gasteiger partial charge in [0.05, 0.1) is 22.3 Å². The molecule has 0 saturated heterocycles. The van der Waals surface area contributed by atoms with Crippen LogP contribution >= 0.6 is 0 Å². The molecule has 0 aliphatic heterocycles. The molecule has 3 aromatic carbocycles. The summed E-state index contributed by atoms with van der Waals surface area (Å²) in [5.41, 5.74) is 4.61. The van der Waals surface area contributed by atoms with Crippen molar-refractivity contribution in [1.29, 1.82) is 0 Å². The van der Waals surface area contributed by atoms with E-state index < -0.39 is 10.8 Å². The minimum atomic E-state index is -0.499. The van der Waals surface area contributed by atoms with Gasteiger partial charge in [-0.3, -0.25) is 19.7 Å². The number of nitro groups is 1. The number of nitrogens with one attached hydrogen (secondary N) is 3. The minimum absolute atomic E-state index is 0.0646. The van der Waals surface area contributed by atoms with Gasteiger partial charge in [0.25, 0.3) is 11.6 Å². The number of nitrogens with zero attached hydrogens (tertiary/aromatic N) is 3. The number of nitro benzene ring substituents is 1. The van der Waals surface area contributed by atoms with Crippen molar-refractivity contribution in [3.8, 4) is 11.4 Å². The number of amides is 2. The number of hydrogen-bond acceptors (Lipinski definition) is 6. The van der Waals surface area contributed by atoms with E-state index in [1.54, 1.807) is 43.3 Å². The van der Waals surface area contributed by atoms with Gasteiger partial charge >= 0.3 is 0 Å². The van der Waals surface area contributed by atoms with Gasteiger partial charge in [0, 0.05) is 35.0 Å². The average Bonchev–Trinajstić information content (AvgIpc) is 3.37. The molecule has 0 radical (unpaired) electrons. The molecule has 0 aliphatic rings. The number of benzene rings is 3. The number of aryl methyl sites for hydroxylation is 1. The van der Waals surface area contributed by atoms with E-state index in [1.165, 1.54) is 30.5 Å². The first-order chi connectivity index (χ1) is 18.9. The predicted molar refractivity (Wildman–Crippen MR) is 149 cm³/mol. The number of rotatable bonds is 7. The summed E-state index contributed by atoms with van der Waals surface area (Å²) in [6, 6.07) is 22.4. The van der Waals surface area contributed by atoms with E-state index in [0.717, 1.165) is 11.1 Å². The van der Waals surface area contributed by atoms with Gasteiger partial charge in [-0.2, -0.15) is 0 Å². The maximum absolute atomic E-state index is 13.1. The van der Waals surface area contributed by atoms with Gasteiger partial charge in [0.15, 0.2) is 5.65 Å². The Morgan fingerprint density at radius 1 is 0.949 bits per heavy atom. The summed E-state index contributed by atoms with van der Waals surface area (Å²) in [4.78, 5) is 48.1. The van der Waals surface area contributed by atoms with Crippen molar-refractivity contribution in [2.24, 2.45) is 0 Å².